The summed E-state index contributed by atoms with van der Waals surface area (Å²) in [6.07, 6.45) is 7.04. The predicted octanol–water partition coefficient (Wildman–Crippen LogP) is 14.6. The van der Waals surface area contributed by atoms with Crippen LogP contribution >= 0.6 is 17.0 Å². The normalized spacial score (nSPS) is 11.1. The van der Waals surface area contributed by atoms with Crippen LogP contribution in [-0.2, 0) is 18.0 Å². The SMILES string of the molecule is C[Si](C)=[Zr]([Cl])[Cl].c1coc(-c2cc3c(-c4occ5ccccc45)cccc3[cH-]2)c1.c1coc(-c2cc3c(-c4occ5ccccc45)cccc3[cH-]2)c1. The Morgan fingerprint density at radius 2 is 0.942 bits per heavy atom. The topological polar surface area (TPSA) is 52.6 Å². The van der Waals surface area contributed by atoms with Crippen LogP contribution in [0, 0.1) is 0 Å². The number of rotatable bonds is 4. The molecular formula is C44H32Cl2O4SiZr-2. The smallest absolute Gasteiger partial charge is 0.134 e. The Hall–Kier alpha value is -4.58. The fraction of sp³-hybridized carbons (Fsp3) is 0.0455. The summed E-state index contributed by atoms with van der Waals surface area (Å²) in [4.78, 5) is 0. The third kappa shape index (κ3) is 6.97. The van der Waals surface area contributed by atoms with Crippen LogP contribution in [0.3, 0.4) is 0 Å². The third-order valence-corrected chi connectivity index (χ3v) is 28.7. The van der Waals surface area contributed by atoms with Gasteiger partial charge in [-0.05, 0) is 23.3 Å². The Balaban J connectivity index is 0.000000129. The standard InChI is InChI=1S/2C21H13O2.C2H6Si.2ClH.Zr/c2*1-2-7-17-15(5-1)13-23-21(17)18-8-3-6-14-11-16(12-19(14)18)20-9-4-10-22-20;1-3-2;;;/h2*1-13H;1-2H3;2*1H;/q2*-1;;;;+2/p-2. The van der Waals surface area contributed by atoms with E-state index >= 15 is 0 Å². The monoisotopic (exact) mass is 812 g/mol. The van der Waals surface area contributed by atoms with E-state index in [4.69, 9.17) is 34.7 Å². The van der Waals surface area contributed by atoms with Gasteiger partial charge in [0.05, 0.1) is 36.6 Å². The van der Waals surface area contributed by atoms with Gasteiger partial charge in [0.15, 0.2) is 0 Å². The van der Waals surface area contributed by atoms with Gasteiger partial charge in [0.25, 0.3) is 0 Å². The van der Waals surface area contributed by atoms with Crippen LogP contribution < -0.4 is 0 Å². The largest absolute Gasteiger partial charge is 0.499 e. The molecular weight excluding hydrogens is 783 g/mol. The van der Waals surface area contributed by atoms with Crippen molar-refractivity contribution in [2.24, 2.45) is 0 Å². The number of furan rings is 4. The molecule has 4 nitrogen and oxygen atoms in total. The molecule has 0 atom stereocenters. The molecule has 0 saturated carbocycles. The summed E-state index contributed by atoms with van der Waals surface area (Å²) in [6, 6.07) is 45.5. The van der Waals surface area contributed by atoms with E-state index in [1.165, 1.54) is 21.5 Å². The van der Waals surface area contributed by atoms with Crippen LogP contribution in [0.25, 0.3) is 88.4 Å². The number of hydrogen-bond acceptors (Lipinski definition) is 4. The van der Waals surface area contributed by atoms with E-state index in [1.54, 1.807) is 12.5 Å². The zero-order valence-corrected chi connectivity index (χ0v) is 33.4. The maximum absolute atomic E-state index is 5.89. The van der Waals surface area contributed by atoms with Gasteiger partial charge < -0.3 is 17.7 Å². The summed E-state index contributed by atoms with van der Waals surface area (Å²) in [5, 5.41) is 9.26. The van der Waals surface area contributed by atoms with Crippen molar-refractivity contribution in [1.82, 2.24) is 0 Å². The molecule has 0 N–H and O–H groups in total. The fourth-order valence-corrected chi connectivity index (χ4v) is 6.44. The molecule has 10 aromatic rings. The first-order valence-electron chi connectivity index (χ1n) is 16.8. The Bertz CT molecular complexity index is 2600. The van der Waals surface area contributed by atoms with E-state index in [1.807, 2.05) is 61.1 Å². The first-order chi connectivity index (χ1) is 25.4. The molecule has 0 aliphatic heterocycles. The van der Waals surface area contributed by atoms with Gasteiger partial charge in [-0.2, -0.15) is 0 Å². The molecule has 6 aromatic carbocycles. The van der Waals surface area contributed by atoms with Crippen molar-refractivity contribution in [3.63, 3.8) is 0 Å². The van der Waals surface area contributed by atoms with E-state index in [2.05, 4.69) is 98.0 Å². The van der Waals surface area contributed by atoms with Crippen LogP contribution in [0.15, 0.2) is 176 Å². The number of hydrogen-bond donors (Lipinski definition) is 0. The quantitative estimate of drug-likeness (QED) is 0.131. The van der Waals surface area contributed by atoms with E-state index in [0.29, 0.717) is 0 Å². The average molecular weight is 815 g/mol. The van der Waals surface area contributed by atoms with Gasteiger partial charge in [0.1, 0.15) is 11.5 Å². The van der Waals surface area contributed by atoms with Gasteiger partial charge in [-0.3, -0.25) is 0 Å². The van der Waals surface area contributed by atoms with Crippen molar-refractivity contribution < 1.29 is 35.6 Å². The predicted molar refractivity (Wildman–Crippen MR) is 214 cm³/mol. The average Bonchev–Trinajstić information content (AvgIpc) is 4.02. The number of fused-ring (bicyclic) bond motifs is 4. The third-order valence-electron chi connectivity index (χ3n) is 9.00. The van der Waals surface area contributed by atoms with E-state index in [0.717, 1.165) is 66.8 Å². The van der Waals surface area contributed by atoms with E-state index < -0.39 is 18.0 Å². The molecule has 0 unspecified atom stereocenters. The summed E-state index contributed by atoms with van der Waals surface area (Å²) in [5.74, 6) is 3.61. The van der Waals surface area contributed by atoms with E-state index in [9.17, 15) is 0 Å². The molecule has 0 spiro atoms. The maximum atomic E-state index is 5.89. The van der Waals surface area contributed by atoms with Crippen LogP contribution in [0.1, 0.15) is 0 Å². The molecule has 0 radical (unpaired) electrons. The molecule has 10 rings (SSSR count). The summed E-state index contributed by atoms with van der Waals surface area (Å²) in [7, 11) is 11.2. The van der Waals surface area contributed by atoms with Crippen LogP contribution in [-0.4, -0.2) is 5.43 Å². The minimum atomic E-state index is -1.65. The molecule has 8 heteroatoms. The van der Waals surface area contributed by atoms with Gasteiger partial charge >= 0.3 is 53.5 Å². The number of benzene rings is 4. The first-order valence-corrected chi connectivity index (χ1v) is 29.3. The molecule has 4 heterocycles. The molecule has 0 aliphatic rings. The zero-order valence-electron chi connectivity index (χ0n) is 28.4. The Morgan fingerprint density at radius 3 is 1.35 bits per heavy atom. The molecule has 0 amide bonds. The maximum Gasteiger partial charge on any atom is 0.134 e. The minimum absolute atomic E-state index is 0.224. The second-order valence-corrected chi connectivity index (χ2v) is 35.6. The fourth-order valence-electron chi connectivity index (χ4n) is 6.44. The summed E-state index contributed by atoms with van der Waals surface area (Å²) >= 11 is -1.65. The molecule has 0 bridgehead atoms. The molecule has 52 heavy (non-hydrogen) atoms. The second kappa shape index (κ2) is 15.2. The van der Waals surface area contributed by atoms with Gasteiger partial charge in [-0.25, -0.2) is 0 Å². The molecule has 0 saturated heterocycles. The zero-order chi connectivity index (χ0) is 35.6. The molecule has 256 valence electrons. The van der Waals surface area contributed by atoms with Crippen molar-refractivity contribution in [1.29, 1.82) is 0 Å². The van der Waals surface area contributed by atoms with Crippen LogP contribution in [0.5, 0.6) is 0 Å². The van der Waals surface area contributed by atoms with Crippen LogP contribution in [0.2, 0.25) is 13.1 Å². The van der Waals surface area contributed by atoms with E-state index in [-0.39, 0.29) is 5.43 Å². The van der Waals surface area contributed by atoms with Crippen LogP contribution in [0.4, 0.5) is 0 Å². The van der Waals surface area contributed by atoms with Gasteiger partial charge in [0.2, 0.25) is 0 Å². The molecule has 4 aromatic heterocycles. The first kappa shape index (κ1) is 34.5. The Kier molecular flexibility index (Phi) is 10.1. The van der Waals surface area contributed by atoms with Gasteiger partial charge in [-0.15, -0.1) is 57.9 Å². The van der Waals surface area contributed by atoms with Gasteiger partial charge in [-0.1, -0.05) is 96.1 Å². The summed E-state index contributed by atoms with van der Waals surface area (Å²) < 4.78 is 22.8. The Labute approximate surface area is 315 Å². The van der Waals surface area contributed by atoms with Crippen molar-refractivity contribution in [2.75, 3.05) is 0 Å². The number of halogens is 2. The second-order valence-electron chi connectivity index (χ2n) is 12.6. The van der Waals surface area contributed by atoms with Crippen molar-refractivity contribution in [3.05, 3.63) is 159 Å². The van der Waals surface area contributed by atoms with Crippen molar-refractivity contribution >= 4 is 65.5 Å². The summed E-state index contributed by atoms with van der Waals surface area (Å²) in [6.45, 7) is 4.33. The molecule has 0 fully saturated rings. The van der Waals surface area contributed by atoms with Crippen molar-refractivity contribution in [3.8, 4) is 45.3 Å². The molecule has 0 aliphatic carbocycles. The summed E-state index contributed by atoms with van der Waals surface area (Å²) in [5.41, 5.74) is 4.18. The Morgan fingerprint density at radius 1 is 0.500 bits per heavy atom. The van der Waals surface area contributed by atoms with Crippen molar-refractivity contribution in [2.45, 2.75) is 13.1 Å². The van der Waals surface area contributed by atoms with Gasteiger partial charge in [0, 0.05) is 21.5 Å². The minimum Gasteiger partial charge on any atom is -0.499 e.